The molecule has 1 aliphatic carbocycles. The molecule has 2 heteroatoms. The second-order valence-corrected chi connectivity index (χ2v) is 6.14. The second-order valence-electron chi connectivity index (χ2n) is 6.14. The number of hydrogen-bond donors (Lipinski definition) is 1. The Bertz CT molecular complexity index is 425. The maximum absolute atomic E-state index is 6.10. The van der Waals surface area contributed by atoms with E-state index in [-0.39, 0.29) is 0 Å². The van der Waals surface area contributed by atoms with Gasteiger partial charge in [0.1, 0.15) is 5.75 Å². The summed E-state index contributed by atoms with van der Waals surface area (Å²) in [5, 5.41) is 3.40. The summed E-state index contributed by atoms with van der Waals surface area (Å²) >= 11 is 0. The first-order valence-corrected chi connectivity index (χ1v) is 6.66. The van der Waals surface area contributed by atoms with Crippen LogP contribution in [0.4, 0.5) is 5.69 Å². The van der Waals surface area contributed by atoms with E-state index in [2.05, 4.69) is 37.4 Å². The van der Waals surface area contributed by atoms with Crippen molar-refractivity contribution >= 4 is 5.69 Å². The molecular weight excluding hydrogens is 210 g/mol. The van der Waals surface area contributed by atoms with E-state index in [1.807, 2.05) is 0 Å². The zero-order valence-electron chi connectivity index (χ0n) is 10.8. The van der Waals surface area contributed by atoms with E-state index in [4.69, 9.17) is 4.74 Å². The molecule has 1 saturated carbocycles. The Morgan fingerprint density at radius 3 is 3.00 bits per heavy atom. The van der Waals surface area contributed by atoms with Crippen molar-refractivity contribution < 1.29 is 4.74 Å². The van der Waals surface area contributed by atoms with Gasteiger partial charge in [0, 0.05) is 18.3 Å². The quantitative estimate of drug-likeness (QED) is 0.839. The van der Waals surface area contributed by atoms with E-state index in [0.29, 0.717) is 11.5 Å². The van der Waals surface area contributed by atoms with Gasteiger partial charge in [-0.25, -0.2) is 0 Å². The Labute approximate surface area is 103 Å². The normalized spacial score (nSPS) is 25.4. The van der Waals surface area contributed by atoms with Crippen LogP contribution in [0, 0.1) is 5.41 Å². The van der Waals surface area contributed by atoms with Crippen molar-refractivity contribution in [2.24, 2.45) is 5.41 Å². The molecule has 0 spiro atoms. The van der Waals surface area contributed by atoms with Crippen molar-refractivity contribution in [2.45, 2.75) is 45.6 Å². The highest BCUT2D eigenvalue weighted by atomic mass is 16.5. The molecule has 1 unspecified atom stereocenters. The molecule has 1 aliphatic heterocycles. The molecule has 92 valence electrons. The molecule has 1 N–H and O–H groups in total. The Morgan fingerprint density at radius 1 is 1.35 bits per heavy atom. The Kier molecular flexibility index (Phi) is 2.53. The third-order valence-electron chi connectivity index (χ3n) is 4.02. The number of nitrogens with one attached hydrogen (secondary N) is 1. The van der Waals surface area contributed by atoms with E-state index in [9.17, 15) is 0 Å². The maximum atomic E-state index is 6.10. The zero-order chi connectivity index (χ0) is 11.9. The van der Waals surface area contributed by atoms with E-state index >= 15 is 0 Å². The minimum atomic E-state index is 0.407. The molecule has 0 aromatic heterocycles. The summed E-state index contributed by atoms with van der Waals surface area (Å²) < 4.78 is 6.10. The summed E-state index contributed by atoms with van der Waals surface area (Å²) in [7, 11) is 0. The predicted octanol–water partition coefficient (Wildman–Crippen LogP) is 3.61. The average molecular weight is 231 g/mol. The molecule has 3 rings (SSSR count). The first kappa shape index (κ1) is 10.9. The van der Waals surface area contributed by atoms with Gasteiger partial charge in [0.2, 0.25) is 0 Å². The van der Waals surface area contributed by atoms with Crippen LogP contribution < -0.4 is 10.1 Å². The van der Waals surface area contributed by atoms with Gasteiger partial charge in [-0.05, 0) is 42.7 Å². The first-order chi connectivity index (χ1) is 8.12. The molecule has 17 heavy (non-hydrogen) atoms. The van der Waals surface area contributed by atoms with E-state index in [1.165, 1.54) is 30.5 Å². The number of ether oxygens (including phenoxy) is 1. The topological polar surface area (TPSA) is 21.3 Å². The molecule has 1 fully saturated rings. The number of hydrogen-bond acceptors (Lipinski definition) is 2. The van der Waals surface area contributed by atoms with Gasteiger partial charge < -0.3 is 10.1 Å². The third kappa shape index (κ3) is 2.26. The molecule has 2 aliphatic rings. The average Bonchev–Trinajstić information content (AvgIpc) is 2.84. The third-order valence-corrected chi connectivity index (χ3v) is 4.02. The molecule has 0 bridgehead atoms. The van der Waals surface area contributed by atoms with Crippen molar-refractivity contribution in [3.8, 4) is 5.75 Å². The van der Waals surface area contributed by atoms with Crippen molar-refractivity contribution in [3.05, 3.63) is 23.8 Å². The summed E-state index contributed by atoms with van der Waals surface area (Å²) in [5.74, 6) is 1.03. The van der Waals surface area contributed by atoms with Gasteiger partial charge in [0.25, 0.3) is 0 Å². The van der Waals surface area contributed by atoms with Crippen molar-refractivity contribution in [1.82, 2.24) is 0 Å². The fourth-order valence-electron chi connectivity index (χ4n) is 3.01. The molecule has 2 nitrogen and oxygen atoms in total. The highest BCUT2D eigenvalue weighted by Crippen LogP contribution is 2.39. The lowest BCUT2D eigenvalue weighted by Crippen LogP contribution is -2.14. The maximum Gasteiger partial charge on any atom is 0.121 e. The summed E-state index contributed by atoms with van der Waals surface area (Å²) in [6.07, 6.45) is 5.20. The van der Waals surface area contributed by atoms with Gasteiger partial charge >= 0.3 is 0 Å². The smallest absolute Gasteiger partial charge is 0.121 e. The summed E-state index contributed by atoms with van der Waals surface area (Å²) in [5.41, 5.74) is 3.14. The monoisotopic (exact) mass is 231 g/mol. The van der Waals surface area contributed by atoms with Crippen LogP contribution in [0.15, 0.2) is 18.2 Å². The molecule has 0 radical (unpaired) electrons. The van der Waals surface area contributed by atoms with Crippen LogP contribution in [0.5, 0.6) is 5.75 Å². The van der Waals surface area contributed by atoms with Gasteiger partial charge in [-0.3, -0.25) is 0 Å². The number of anilines is 1. The SMILES string of the molecule is CC1(C)CCC(Oc2ccc3c(c2)NCC3)C1. The number of rotatable bonds is 2. The molecule has 0 amide bonds. The standard InChI is InChI=1S/C15H21NO/c1-15(2)7-5-13(10-15)17-12-4-3-11-6-8-16-14(11)9-12/h3-4,9,13,16H,5-8,10H2,1-2H3. The van der Waals surface area contributed by atoms with Crippen LogP contribution in [-0.2, 0) is 6.42 Å². The van der Waals surface area contributed by atoms with Gasteiger partial charge in [0.05, 0.1) is 6.10 Å². The number of fused-ring (bicyclic) bond motifs is 1. The van der Waals surface area contributed by atoms with Gasteiger partial charge in [-0.15, -0.1) is 0 Å². The second kappa shape index (κ2) is 3.94. The zero-order valence-corrected chi connectivity index (χ0v) is 10.8. The summed E-state index contributed by atoms with van der Waals surface area (Å²) in [6.45, 7) is 5.73. The molecule has 1 aromatic rings. The molecule has 0 saturated heterocycles. The fraction of sp³-hybridized carbons (Fsp3) is 0.600. The van der Waals surface area contributed by atoms with Crippen LogP contribution in [0.3, 0.4) is 0 Å². The Hall–Kier alpha value is -1.18. The Balaban J connectivity index is 1.70. The van der Waals surface area contributed by atoms with Crippen molar-refractivity contribution in [1.29, 1.82) is 0 Å². The summed E-state index contributed by atoms with van der Waals surface area (Å²) in [4.78, 5) is 0. The lowest BCUT2D eigenvalue weighted by Gasteiger charge is -2.18. The summed E-state index contributed by atoms with van der Waals surface area (Å²) in [6, 6.07) is 6.48. The van der Waals surface area contributed by atoms with Crippen LogP contribution >= 0.6 is 0 Å². The van der Waals surface area contributed by atoms with Crippen LogP contribution in [-0.4, -0.2) is 12.6 Å². The Morgan fingerprint density at radius 2 is 2.24 bits per heavy atom. The van der Waals surface area contributed by atoms with Crippen molar-refractivity contribution in [2.75, 3.05) is 11.9 Å². The highest BCUT2D eigenvalue weighted by molar-refractivity contribution is 5.58. The van der Waals surface area contributed by atoms with E-state index in [1.54, 1.807) is 0 Å². The number of benzene rings is 1. The largest absolute Gasteiger partial charge is 0.490 e. The fourth-order valence-corrected chi connectivity index (χ4v) is 3.01. The van der Waals surface area contributed by atoms with E-state index in [0.717, 1.165) is 18.7 Å². The van der Waals surface area contributed by atoms with Gasteiger partial charge in [-0.1, -0.05) is 19.9 Å². The first-order valence-electron chi connectivity index (χ1n) is 6.66. The minimum absolute atomic E-state index is 0.407. The van der Waals surface area contributed by atoms with Gasteiger partial charge in [0.15, 0.2) is 0 Å². The van der Waals surface area contributed by atoms with Crippen molar-refractivity contribution in [3.63, 3.8) is 0 Å². The van der Waals surface area contributed by atoms with Crippen LogP contribution in [0.25, 0.3) is 0 Å². The predicted molar refractivity (Wildman–Crippen MR) is 70.7 cm³/mol. The lowest BCUT2D eigenvalue weighted by molar-refractivity contribution is 0.193. The molecule has 1 heterocycles. The minimum Gasteiger partial charge on any atom is -0.490 e. The van der Waals surface area contributed by atoms with E-state index < -0.39 is 0 Å². The van der Waals surface area contributed by atoms with Crippen LogP contribution in [0.1, 0.15) is 38.7 Å². The molecule has 1 atom stereocenters. The molecule has 1 aromatic carbocycles. The molecular formula is C15H21NO. The highest BCUT2D eigenvalue weighted by Gasteiger charge is 2.32. The van der Waals surface area contributed by atoms with Crippen LogP contribution in [0.2, 0.25) is 0 Å². The lowest BCUT2D eigenvalue weighted by atomic mass is 9.92. The van der Waals surface area contributed by atoms with Gasteiger partial charge in [-0.2, -0.15) is 0 Å².